The van der Waals surface area contributed by atoms with Crippen molar-refractivity contribution in [2.75, 3.05) is 11.9 Å². The normalized spacial score (nSPS) is 10.6. The summed E-state index contributed by atoms with van der Waals surface area (Å²) in [6.45, 7) is 3.01. The van der Waals surface area contributed by atoms with Crippen LogP contribution < -0.4 is 5.32 Å². The summed E-state index contributed by atoms with van der Waals surface area (Å²) in [6.07, 6.45) is 6.30. The van der Waals surface area contributed by atoms with E-state index in [-0.39, 0.29) is 0 Å². The molecule has 0 fully saturated rings. The van der Waals surface area contributed by atoms with Gasteiger partial charge in [0.15, 0.2) is 5.16 Å². The molecule has 0 radical (unpaired) electrons. The number of rotatable bonds is 5. The summed E-state index contributed by atoms with van der Waals surface area (Å²) in [7, 11) is 1.96. The lowest BCUT2D eigenvalue weighted by molar-refractivity contribution is 0.788. The van der Waals surface area contributed by atoms with Crippen LogP contribution in [-0.4, -0.2) is 26.1 Å². The Morgan fingerprint density at radius 1 is 1.39 bits per heavy atom. The zero-order valence-corrected chi connectivity index (χ0v) is 12.6. The Hall–Kier alpha value is -1.08. The summed E-state index contributed by atoms with van der Waals surface area (Å²) in [5.74, 6) is 0.823. The number of hydrogen-bond donors (Lipinski definition) is 1. The minimum Gasteiger partial charge on any atom is -0.369 e. The summed E-state index contributed by atoms with van der Waals surface area (Å²) in [4.78, 5) is 12.8. The number of anilines is 1. The SMILES string of the molecule is CCCNc1ncnc(Sc2nccn2C)c1Br. The number of aryl methyl sites for hydroxylation is 1. The quantitative estimate of drug-likeness (QED) is 0.855. The second-order valence-electron chi connectivity index (χ2n) is 3.69. The Balaban J connectivity index is 2.21. The summed E-state index contributed by atoms with van der Waals surface area (Å²) >= 11 is 5.05. The molecule has 18 heavy (non-hydrogen) atoms. The van der Waals surface area contributed by atoms with Crippen molar-refractivity contribution in [1.82, 2.24) is 19.5 Å². The molecule has 0 atom stereocenters. The molecule has 0 aliphatic carbocycles. The Kier molecular flexibility index (Phi) is 4.60. The van der Waals surface area contributed by atoms with Crippen molar-refractivity contribution >= 4 is 33.5 Å². The summed E-state index contributed by atoms with van der Waals surface area (Å²) in [6, 6.07) is 0. The van der Waals surface area contributed by atoms with Gasteiger partial charge in [0, 0.05) is 26.0 Å². The molecule has 0 saturated heterocycles. The van der Waals surface area contributed by atoms with Crippen molar-refractivity contribution < 1.29 is 0 Å². The van der Waals surface area contributed by atoms with Gasteiger partial charge in [0.2, 0.25) is 0 Å². The highest BCUT2D eigenvalue weighted by Crippen LogP contribution is 2.33. The molecule has 0 aromatic carbocycles. The van der Waals surface area contributed by atoms with Gasteiger partial charge in [-0.05, 0) is 34.1 Å². The molecule has 96 valence electrons. The minimum atomic E-state index is 0.823. The number of halogens is 1. The topological polar surface area (TPSA) is 55.6 Å². The van der Waals surface area contributed by atoms with Crippen molar-refractivity contribution in [3.8, 4) is 0 Å². The molecule has 2 heterocycles. The van der Waals surface area contributed by atoms with Gasteiger partial charge < -0.3 is 9.88 Å². The third-order valence-corrected chi connectivity index (χ3v) is 4.36. The van der Waals surface area contributed by atoms with Crippen LogP contribution in [0.25, 0.3) is 0 Å². The van der Waals surface area contributed by atoms with Crippen LogP contribution in [0.1, 0.15) is 13.3 Å². The van der Waals surface area contributed by atoms with Crippen LogP contribution >= 0.6 is 27.7 Å². The Labute approximate surface area is 119 Å². The lowest BCUT2D eigenvalue weighted by Crippen LogP contribution is -2.04. The largest absolute Gasteiger partial charge is 0.369 e. The molecular weight excluding hydrogens is 314 g/mol. The second-order valence-corrected chi connectivity index (χ2v) is 5.44. The van der Waals surface area contributed by atoms with E-state index in [1.165, 1.54) is 11.8 Å². The maximum atomic E-state index is 4.27. The van der Waals surface area contributed by atoms with Gasteiger partial charge in [-0.3, -0.25) is 0 Å². The first-order valence-corrected chi connectivity index (χ1v) is 7.23. The average Bonchev–Trinajstić information content (AvgIpc) is 2.76. The molecule has 2 rings (SSSR count). The first-order valence-electron chi connectivity index (χ1n) is 5.62. The van der Waals surface area contributed by atoms with Crippen molar-refractivity contribution in [2.24, 2.45) is 7.05 Å². The van der Waals surface area contributed by atoms with E-state index in [4.69, 9.17) is 0 Å². The lowest BCUT2D eigenvalue weighted by atomic mass is 10.4. The fourth-order valence-electron chi connectivity index (χ4n) is 1.33. The maximum absolute atomic E-state index is 4.27. The predicted octanol–water partition coefficient (Wildman–Crippen LogP) is 2.95. The van der Waals surface area contributed by atoms with E-state index in [1.54, 1.807) is 12.5 Å². The molecule has 0 spiro atoms. The molecule has 2 aromatic heterocycles. The molecule has 1 N–H and O–H groups in total. The smallest absolute Gasteiger partial charge is 0.174 e. The van der Waals surface area contributed by atoms with Crippen LogP contribution in [0.2, 0.25) is 0 Å². The van der Waals surface area contributed by atoms with Gasteiger partial charge in [-0.1, -0.05) is 6.92 Å². The van der Waals surface area contributed by atoms with E-state index in [1.807, 2.05) is 17.8 Å². The van der Waals surface area contributed by atoms with Crippen LogP contribution in [0.3, 0.4) is 0 Å². The molecule has 0 aliphatic rings. The first kappa shape index (κ1) is 13.4. The Morgan fingerprint density at radius 3 is 2.89 bits per heavy atom. The van der Waals surface area contributed by atoms with E-state index < -0.39 is 0 Å². The predicted molar refractivity (Wildman–Crippen MR) is 75.8 cm³/mol. The molecule has 0 saturated carbocycles. The summed E-state index contributed by atoms with van der Waals surface area (Å²) in [5, 5.41) is 5.02. The highest BCUT2D eigenvalue weighted by Gasteiger charge is 2.11. The molecule has 0 amide bonds. The Bertz CT molecular complexity index is 528. The Morgan fingerprint density at radius 2 is 2.22 bits per heavy atom. The standard InChI is InChI=1S/C11H14BrN5S/c1-3-4-13-9-8(12)10(16-7-15-9)18-11-14-5-6-17(11)2/h5-7H,3-4H2,1-2H3,(H,13,15,16). The van der Waals surface area contributed by atoms with Crippen LogP contribution in [0.15, 0.2) is 33.4 Å². The van der Waals surface area contributed by atoms with Gasteiger partial charge in [0.1, 0.15) is 17.2 Å². The van der Waals surface area contributed by atoms with Crippen molar-refractivity contribution in [3.63, 3.8) is 0 Å². The zero-order valence-electron chi connectivity index (χ0n) is 10.2. The number of aromatic nitrogens is 4. The minimum absolute atomic E-state index is 0.823. The van der Waals surface area contributed by atoms with Crippen LogP contribution in [0.4, 0.5) is 5.82 Å². The van der Waals surface area contributed by atoms with Gasteiger partial charge in [0.25, 0.3) is 0 Å². The molecule has 0 unspecified atom stereocenters. The molecule has 5 nitrogen and oxygen atoms in total. The van der Waals surface area contributed by atoms with Gasteiger partial charge >= 0.3 is 0 Å². The highest BCUT2D eigenvalue weighted by atomic mass is 79.9. The van der Waals surface area contributed by atoms with Gasteiger partial charge in [-0.15, -0.1) is 0 Å². The molecule has 0 aliphatic heterocycles. The number of nitrogens with one attached hydrogen (secondary N) is 1. The second kappa shape index (κ2) is 6.19. The van der Waals surface area contributed by atoms with Gasteiger partial charge in [-0.25, -0.2) is 15.0 Å². The fourth-order valence-corrected chi connectivity index (χ4v) is 2.69. The summed E-state index contributed by atoms with van der Waals surface area (Å²) in [5.41, 5.74) is 0. The van der Waals surface area contributed by atoms with E-state index in [0.717, 1.165) is 33.4 Å². The zero-order chi connectivity index (χ0) is 13.0. The highest BCUT2D eigenvalue weighted by molar-refractivity contribution is 9.10. The number of hydrogen-bond acceptors (Lipinski definition) is 5. The van der Waals surface area contributed by atoms with Crippen molar-refractivity contribution in [2.45, 2.75) is 23.5 Å². The third-order valence-electron chi connectivity index (χ3n) is 2.26. The fraction of sp³-hybridized carbons (Fsp3) is 0.364. The van der Waals surface area contributed by atoms with Gasteiger partial charge in [0.05, 0.1) is 4.47 Å². The van der Waals surface area contributed by atoms with Crippen LogP contribution in [0.5, 0.6) is 0 Å². The lowest BCUT2D eigenvalue weighted by Gasteiger charge is -2.08. The molecule has 0 bridgehead atoms. The van der Waals surface area contributed by atoms with Gasteiger partial charge in [-0.2, -0.15) is 0 Å². The number of imidazole rings is 1. The van der Waals surface area contributed by atoms with Crippen molar-refractivity contribution in [1.29, 1.82) is 0 Å². The van der Waals surface area contributed by atoms with E-state index in [2.05, 4.69) is 43.1 Å². The van der Waals surface area contributed by atoms with Crippen LogP contribution in [-0.2, 0) is 7.05 Å². The monoisotopic (exact) mass is 327 g/mol. The van der Waals surface area contributed by atoms with E-state index in [0.29, 0.717) is 0 Å². The molecule has 2 aromatic rings. The third kappa shape index (κ3) is 3.02. The van der Waals surface area contributed by atoms with Crippen LogP contribution in [0, 0.1) is 0 Å². The first-order chi connectivity index (χ1) is 8.72. The molecule has 7 heteroatoms. The molecular formula is C11H14BrN5S. The summed E-state index contributed by atoms with van der Waals surface area (Å²) < 4.78 is 2.84. The average molecular weight is 328 g/mol. The van der Waals surface area contributed by atoms with E-state index in [9.17, 15) is 0 Å². The van der Waals surface area contributed by atoms with E-state index >= 15 is 0 Å². The maximum Gasteiger partial charge on any atom is 0.174 e. The number of nitrogens with zero attached hydrogens (tertiary/aromatic N) is 4. The van der Waals surface area contributed by atoms with Crippen molar-refractivity contribution in [3.05, 3.63) is 23.2 Å².